The molecule has 1 aliphatic heterocycles. The maximum atomic E-state index is 13.1. The van der Waals surface area contributed by atoms with Gasteiger partial charge in [0.25, 0.3) is 5.91 Å². The fraction of sp³-hybridized carbons (Fsp3) is 0.333. The Kier molecular flexibility index (Phi) is 6.97. The van der Waals surface area contributed by atoms with Gasteiger partial charge in [-0.15, -0.1) is 0 Å². The average Bonchev–Trinajstić information content (AvgIpc) is 3.22. The van der Waals surface area contributed by atoms with Crippen LogP contribution in [-0.4, -0.2) is 37.7 Å². The summed E-state index contributed by atoms with van der Waals surface area (Å²) in [4.78, 5) is 17.0. The number of hydrogen-bond acceptors (Lipinski definition) is 4. The second-order valence-corrected chi connectivity index (χ2v) is 6.37. The summed E-state index contributed by atoms with van der Waals surface area (Å²) in [5.41, 5.74) is 1.11. The van der Waals surface area contributed by atoms with Crippen LogP contribution in [0.25, 0.3) is 0 Å². The molecule has 0 radical (unpaired) electrons. The Hall–Kier alpha value is -2.93. The van der Waals surface area contributed by atoms with E-state index in [0.29, 0.717) is 24.7 Å². The molecule has 148 valence electrons. The van der Waals surface area contributed by atoms with Crippen LogP contribution in [0.15, 0.2) is 53.5 Å². The molecular weight excluding hydrogens is 361 g/mol. The Bertz CT molecular complexity index is 801. The maximum absolute atomic E-state index is 13.1. The summed E-state index contributed by atoms with van der Waals surface area (Å²) in [6.45, 7) is 3.70. The second-order valence-electron chi connectivity index (χ2n) is 6.37. The number of benzene rings is 2. The van der Waals surface area contributed by atoms with Gasteiger partial charge in [-0.05, 0) is 68.3 Å². The fourth-order valence-electron chi connectivity index (χ4n) is 2.81. The third kappa shape index (κ3) is 5.79. The predicted octanol–water partition coefficient (Wildman–Crippen LogP) is 3.60. The van der Waals surface area contributed by atoms with Gasteiger partial charge in [0.15, 0.2) is 0 Å². The van der Waals surface area contributed by atoms with E-state index in [-0.39, 0.29) is 12.0 Å². The van der Waals surface area contributed by atoms with Gasteiger partial charge < -0.3 is 14.8 Å². The van der Waals surface area contributed by atoms with E-state index in [1.54, 1.807) is 0 Å². The zero-order valence-corrected chi connectivity index (χ0v) is 15.8. The maximum Gasteiger partial charge on any atom is 0.257 e. The van der Waals surface area contributed by atoms with Crippen LogP contribution in [0.4, 0.5) is 10.1 Å². The first-order valence-corrected chi connectivity index (χ1v) is 9.37. The molecule has 28 heavy (non-hydrogen) atoms. The molecule has 1 heterocycles. The minimum atomic E-state index is -0.392. The SMILES string of the molecule is CCOc1ccc(NC(=NC[C@H]2CCCO2)NC(=O)c2ccc(F)cc2)cc1. The predicted molar refractivity (Wildman–Crippen MR) is 106 cm³/mol. The van der Waals surface area contributed by atoms with Gasteiger partial charge in [-0.2, -0.15) is 0 Å². The van der Waals surface area contributed by atoms with Crippen molar-refractivity contribution >= 4 is 17.6 Å². The van der Waals surface area contributed by atoms with E-state index in [1.165, 1.54) is 24.3 Å². The van der Waals surface area contributed by atoms with Crippen molar-refractivity contribution in [2.24, 2.45) is 4.99 Å². The van der Waals surface area contributed by atoms with Gasteiger partial charge >= 0.3 is 0 Å². The minimum Gasteiger partial charge on any atom is -0.494 e. The summed E-state index contributed by atoms with van der Waals surface area (Å²) in [5, 5.41) is 5.87. The highest BCUT2D eigenvalue weighted by molar-refractivity contribution is 6.09. The van der Waals surface area contributed by atoms with E-state index in [9.17, 15) is 9.18 Å². The van der Waals surface area contributed by atoms with Gasteiger partial charge in [0.2, 0.25) is 5.96 Å². The smallest absolute Gasteiger partial charge is 0.257 e. The lowest BCUT2D eigenvalue weighted by Crippen LogP contribution is -2.36. The standard InChI is InChI=1S/C21H24FN3O3/c1-2-27-18-11-9-17(10-12-18)24-21(23-14-19-4-3-13-28-19)25-20(26)15-5-7-16(22)8-6-15/h5-12,19H,2-4,13-14H2,1H3,(H2,23,24,25,26)/t19-/m1/s1. The quantitative estimate of drug-likeness (QED) is 0.589. The van der Waals surface area contributed by atoms with Gasteiger partial charge in [-0.1, -0.05) is 0 Å². The van der Waals surface area contributed by atoms with Gasteiger partial charge in [0, 0.05) is 17.9 Å². The summed E-state index contributed by atoms with van der Waals surface area (Å²) in [6, 6.07) is 12.7. The number of rotatable bonds is 6. The molecule has 1 atom stereocenters. The highest BCUT2D eigenvalue weighted by Crippen LogP contribution is 2.16. The topological polar surface area (TPSA) is 71.9 Å². The molecule has 0 aliphatic carbocycles. The Morgan fingerprint density at radius 3 is 2.61 bits per heavy atom. The van der Waals surface area contributed by atoms with Crippen molar-refractivity contribution in [3.8, 4) is 5.75 Å². The Morgan fingerprint density at radius 2 is 1.96 bits per heavy atom. The van der Waals surface area contributed by atoms with Crippen LogP contribution in [0.1, 0.15) is 30.1 Å². The fourth-order valence-corrected chi connectivity index (χ4v) is 2.81. The van der Waals surface area contributed by atoms with E-state index in [1.807, 2.05) is 31.2 Å². The van der Waals surface area contributed by atoms with E-state index < -0.39 is 5.82 Å². The minimum absolute atomic E-state index is 0.0554. The largest absolute Gasteiger partial charge is 0.494 e. The first-order valence-electron chi connectivity index (χ1n) is 9.37. The zero-order valence-electron chi connectivity index (χ0n) is 15.8. The number of carbonyl (C=O) groups excluding carboxylic acids is 1. The molecule has 0 bridgehead atoms. The normalized spacial score (nSPS) is 16.6. The highest BCUT2D eigenvalue weighted by atomic mass is 19.1. The lowest BCUT2D eigenvalue weighted by molar-refractivity contribution is 0.0975. The molecule has 6 nitrogen and oxygen atoms in total. The van der Waals surface area contributed by atoms with Crippen LogP contribution >= 0.6 is 0 Å². The number of nitrogens with one attached hydrogen (secondary N) is 2. The van der Waals surface area contributed by atoms with E-state index in [2.05, 4.69) is 15.6 Å². The number of anilines is 1. The van der Waals surface area contributed by atoms with E-state index in [0.717, 1.165) is 30.9 Å². The number of ether oxygens (including phenoxy) is 2. The zero-order chi connectivity index (χ0) is 19.8. The molecule has 1 amide bonds. The van der Waals surface area contributed by atoms with Crippen molar-refractivity contribution in [2.45, 2.75) is 25.9 Å². The van der Waals surface area contributed by atoms with E-state index >= 15 is 0 Å². The number of carbonyl (C=O) groups is 1. The second kappa shape index (κ2) is 9.85. The molecule has 0 spiro atoms. The molecule has 2 aromatic carbocycles. The van der Waals surface area contributed by atoms with Crippen molar-refractivity contribution in [3.63, 3.8) is 0 Å². The Labute approximate surface area is 163 Å². The molecular formula is C21H24FN3O3. The molecule has 1 aliphatic rings. The third-order valence-electron chi connectivity index (χ3n) is 4.24. The lowest BCUT2D eigenvalue weighted by atomic mass is 10.2. The lowest BCUT2D eigenvalue weighted by Gasteiger charge is -2.14. The van der Waals surface area contributed by atoms with Crippen molar-refractivity contribution in [1.82, 2.24) is 5.32 Å². The highest BCUT2D eigenvalue weighted by Gasteiger charge is 2.16. The van der Waals surface area contributed by atoms with Crippen LogP contribution in [0.2, 0.25) is 0 Å². The average molecular weight is 385 g/mol. The van der Waals surface area contributed by atoms with E-state index in [4.69, 9.17) is 9.47 Å². The summed E-state index contributed by atoms with van der Waals surface area (Å²) >= 11 is 0. The molecule has 7 heteroatoms. The third-order valence-corrected chi connectivity index (χ3v) is 4.24. The Balaban J connectivity index is 1.71. The molecule has 1 fully saturated rings. The van der Waals surface area contributed by atoms with Crippen LogP contribution in [0.5, 0.6) is 5.75 Å². The number of aliphatic imine (C=N–C) groups is 1. The molecule has 1 saturated heterocycles. The number of nitrogens with zero attached hydrogens (tertiary/aromatic N) is 1. The van der Waals surface area contributed by atoms with Crippen molar-refractivity contribution in [1.29, 1.82) is 0 Å². The number of halogens is 1. The first kappa shape index (κ1) is 19.8. The van der Waals surface area contributed by atoms with Crippen molar-refractivity contribution in [2.75, 3.05) is 25.1 Å². The van der Waals surface area contributed by atoms with Crippen molar-refractivity contribution < 1.29 is 18.7 Å². The van der Waals surface area contributed by atoms with Gasteiger partial charge in [0.1, 0.15) is 11.6 Å². The Morgan fingerprint density at radius 1 is 1.21 bits per heavy atom. The number of guanidine groups is 1. The summed E-state index contributed by atoms with van der Waals surface area (Å²) in [7, 11) is 0. The van der Waals surface area contributed by atoms with Gasteiger partial charge in [-0.3, -0.25) is 10.1 Å². The number of hydrogen-bond donors (Lipinski definition) is 2. The molecule has 0 unspecified atom stereocenters. The number of amides is 1. The summed E-state index contributed by atoms with van der Waals surface area (Å²) in [5.74, 6) is 0.316. The monoisotopic (exact) mass is 385 g/mol. The van der Waals surface area contributed by atoms with Crippen LogP contribution in [-0.2, 0) is 4.74 Å². The van der Waals surface area contributed by atoms with Crippen LogP contribution in [0.3, 0.4) is 0 Å². The molecule has 2 N–H and O–H groups in total. The molecule has 0 saturated carbocycles. The summed E-state index contributed by atoms with van der Waals surface area (Å²) < 4.78 is 24.1. The molecule has 3 rings (SSSR count). The van der Waals surface area contributed by atoms with Crippen LogP contribution < -0.4 is 15.4 Å². The van der Waals surface area contributed by atoms with Crippen LogP contribution in [0, 0.1) is 5.82 Å². The summed E-state index contributed by atoms with van der Waals surface area (Å²) in [6.07, 6.45) is 2.02. The van der Waals surface area contributed by atoms with Crippen molar-refractivity contribution in [3.05, 3.63) is 59.9 Å². The first-order chi connectivity index (χ1) is 13.6. The molecule has 2 aromatic rings. The van der Waals surface area contributed by atoms with Gasteiger partial charge in [-0.25, -0.2) is 9.38 Å². The molecule has 0 aromatic heterocycles. The van der Waals surface area contributed by atoms with Gasteiger partial charge in [0.05, 0.1) is 19.3 Å².